The molecule has 5 N–H and O–H groups in total. The number of hydrogen-bond acceptors (Lipinski definition) is 5. The zero-order chi connectivity index (χ0) is 21.8. The van der Waals surface area contributed by atoms with E-state index >= 15 is 0 Å². The van der Waals surface area contributed by atoms with E-state index in [0.717, 1.165) is 25.7 Å². The third-order valence-electron chi connectivity index (χ3n) is 10.1. The van der Waals surface area contributed by atoms with Crippen molar-refractivity contribution in [2.24, 2.45) is 46.3 Å². The number of fused-ring (bicyclic) bond motifs is 5. The van der Waals surface area contributed by atoms with Gasteiger partial charge in [-0.1, -0.05) is 13.8 Å². The van der Waals surface area contributed by atoms with E-state index in [1.165, 1.54) is 0 Å². The highest BCUT2D eigenvalue weighted by Crippen LogP contribution is 2.68. The SMILES string of the molecule is C[C@H](CCCO)[C@H]1C(O)C[C@H]2[C@@H]3C(O)CC4CC(O)CC[C@]4(C(=O)O)[C@H]3CC[C@]12C. The molecule has 4 saturated carbocycles. The Bertz CT molecular complexity index is 654. The number of rotatable bonds is 5. The number of carboxylic acid groups (broad SMARTS) is 1. The molecule has 0 bridgehead atoms. The normalized spacial score (nSPS) is 51.5. The summed E-state index contributed by atoms with van der Waals surface area (Å²) < 4.78 is 0. The third kappa shape index (κ3) is 3.16. The molecule has 4 aliphatic rings. The van der Waals surface area contributed by atoms with Gasteiger partial charge < -0.3 is 25.5 Å². The van der Waals surface area contributed by atoms with Crippen LogP contribution in [-0.2, 0) is 4.79 Å². The van der Waals surface area contributed by atoms with Gasteiger partial charge in [0.1, 0.15) is 0 Å². The second kappa shape index (κ2) is 8.02. The van der Waals surface area contributed by atoms with Crippen LogP contribution in [0.25, 0.3) is 0 Å². The Kier molecular flexibility index (Phi) is 6.02. The molecular formula is C24H40O6. The van der Waals surface area contributed by atoms with E-state index in [1.54, 1.807) is 0 Å². The first-order valence-electron chi connectivity index (χ1n) is 12.0. The number of hydrogen-bond donors (Lipinski definition) is 5. The number of aliphatic hydroxyl groups excluding tert-OH is 4. The molecule has 0 aromatic rings. The summed E-state index contributed by atoms with van der Waals surface area (Å²) in [5.41, 5.74) is -0.965. The molecule has 0 aromatic heterocycles. The Balaban J connectivity index is 1.67. The van der Waals surface area contributed by atoms with Crippen LogP contribution in [0.5, 0.6) is 0 Å². The largest absolute Gasteiger partial charge is 0.481 e. The average Bonchev–Trinajstić information content (AvgIpc) is 2.95. The lowest BCUT2D eigenvalue weighted by molar-refractivity contribution is -0.202. The molecule has 172 valence electrons. The Morgan fingerprint density at radius 3 is 2.43 bits per heavy atom. The fraction of sp³-hybridized carbons (Fsp3) is 0.958. The van der Waals surface area contributed by atoms with Crippen molar-refractivity contribution in [1.29, 1.82) is 0 Å². The summed E-state index contributed by atoms with van der Waals surface area (Å²) in [5, 5.41) is 52.2. The second-order valence-corrected chi connectivity index (χ2v) is 11.3. The first kappa shape index (κ1) is 22.5. The van der Waals surface area contributed by atoms with E-state index in [0.29, 0.717) is 32.1 Å². The van der Waals surface area contributed by atoms with Gasteiger partial charge in [0.05, 0.1) is 23.7 Å². The molecule has 0 spiro atoms. The van der Waals surface area contributed by atoms with Gasteiger partial charge >= 0.3 is 5.97 Å². The summed E-state index contributed by atoms with van der Waals surface area (Å²) in [6.45, 7) is 4.57. The van der Waals surface area contributed by atoms with Crippen LogP contribution in [0.1, 0.15) is 71.6 Å². The van der Waals surface area contributed by atoms with Gasteiger partial charge in [0.25, 0.3) is 0 Å². The zero-order valence-corrected chi connectivity index (χ0v) is 18.4. The average molecular weight is 425 g/mol. The highest BCUT2D eigenvalue weighted by atomic mass is 16.4. The van der Waals surface area contributed by atoms with Crippen LogP contribution in [0.4, 0.5) is 0 Å². The van der Waals surface area contributed by atoms with Crippen molar-refractivity contribution in [3.05, 3.63) is 0 Å². The Labute approximate surface area is 179 Å². The van der Waals surface area contributed by atoms with Gasteiger partial charge in [-0.3, -0.25) is 4.79 Å². The maximum atomic E-state index is 12.7. The monoisotopic (exact) mass is 424 g/mol. The smallest absolute Gasteiger partial charge is 0.310 e. The zero-order valence-electron chi connectivity index (χ0n) is 18.4. The van der Waals surface area contributed by atoms with Gasteiger partial charge in [-0.2, -0.15) is 0 Å². The molecular weight excluding hydrogens is 384 g/mol. The van der Waals surface area contributed by atoms with Gasteiger partial charge in [-0.05, 0) is 98.7 Å². The molecule has 0 aromatic carbocycles. The summed E-state index contributed by atoms with van der Waals surface area (Å²) in [7, 11) is 0. The first-order valence-corrected chi connectivity index (χ1v) is 12.0. The van der Waals surface area contributed by atoms with E-state index in [4.69, 9.17) is 0 Å². The van der Waals surface area contributed by atoms with Crippen LogP contribution in [-0.4, -0.2) is 56.4 Å². The highest BCUT2D eigenvalue weighted by molar-refractivity contribution is 5.76. The van der Waals surface area contributed by atoms with Crippen LogP contribution >= 0.6 is 0 Å². The molecule has 6 nitrogen and oxygen atoms in total. The van der Waals surface area contributed by atoms with E-state index in [-0.39, 0.29) is 47.5 Å². The van der Waals surface area contributed by atoms with Gasteiger partial charge in [0.15, 0.2) is 0 Å². The quantitative estimate of drug-likeness (QED) is 0.463. The molecule has 4 fully saturated rings. The van der Waals surface area contributed by atoms with Crippen molar-refractivity contribution in [2.45, 2.75) is 89.9 Å². The second-order valence-electron chi connectivity index (χ2n) is 11.3. The van der Waals surface area contributed by atoms with Gasteiger partial charge in [-0.15, -0.1) is 0 Å². The molecule has 0 saturated heterocycles. The van der Waals surface area contributed by atoms with Crippen molar-refractivity contribution >= 4 is 5.97 Å². The maximum absolute atomic E-state index is 12.7. The minimum atomic E-state index is -0.851. The van der Waals surface area contributed by atoms with Crippen molar-refractivity contribution in [2.75, 3.05) is 6.61 Å². The maximum Gasteiger partial charge on any atom is 0.310 e. The third-order valence-corrected chi connectivity index (χ3v) is 10.1. The van der Waals surface area contributed by atoms with Crippen molar-refractivity contribution in [3.8, 4) is 0 Å². The fourth-order valence-electron chi connectivity index (χ4n) is 8.96. The summed E-state index contributed by atoms with van der Waals surface area (Å²) in [6.07, 6.45) is 4.32. The summed E-state index contributed by atoms with van der Waals surface area (Å²) >= 11 is 0. The molecule has 4 rings (SSSR count). The van der Waals surface area contributed by atoms with Crippen LogP contribution < -0.4 is 0 Å². The van der Waals surface area contributed by atoms with Gasteiger partial charge in [0, 0.05) is 6.61 Å². The van der Waals surface area contributed by atoms with E-state index in [2.05, 4.69) is 13.8 Å². The van der Waals surface area contributed by atoms with Gasteiger partial charge in [-0.25, -0.2) is 0 Å². The minimum Gasteiger partial charge on any atom is -0.481 e. The summed E-state index contributed by atoms with van der Waals surface area (Å²) in [5.74, 6) is -0.600. The molecule has 0 heterocycles. The minimum absolute atomic E-state index is 0.0898. The highest BCUT2D eigenvalue weighted by Gasteiger charge is 2.67. The van der Waals surface area contributed by atoms with Crippen LogP contribution in [0.2, 0.25) is 0 Å². The van der Waals surface area contributed by atoms with E-state index < -0.39 is 29.7 Å². The lowest BCUT2D eigenvalue weighted by Crippen LogP contribution is -2.62. The summed E-state index contributed by atoms with van der Waals surface area (Å²) in [4.78, 5) is 12.7. The molecule has 30 heavy (non-hydrogen) atoms. The number of aliphatic carboxylic acids is 1. The van der Waals surface area contributed by atoms with Crippen molar-refractivity contribution in [3.63, 3.8) is 0 Å². The Morgan fingerprint density at radius 2 is 1.77 bits per heavy atom. The molecule has 0 aliphatic heterocycles. The molecule has 0 amide bonds. The first-order chi connectivity index (χ1) is 14.2. The van der Waals surface area contributed by atoms with E-state index in [9.17, 15) is 30.3 Å². The number of aliphatic hydroxyl groups is 4. The van der Waals surface area contributed by atoms with Crippen molar-refractivity contribution in [1.82, 2.24) is 0 Å². The number of carboxylic acids is 1. The fourth-order valence-corrected chi connectivity index (χ4v) is 8.96. The van der Waals surface area contributed by atoms with E-state index in [1.807, 2.05) is 0 Å². The van der Waals surface area contributed by atoms with Crippen LogP contribution in [0, 0.1) is 46.3 Å². The molecule has 4 unspecified atom stereocenters. The van der Waals surface area contributed by atoms with Crippen molar-refractivity contribution < 1.29 is 30.3 Å². The lowest BCUT2D eigenvalue weighted by Gasteiger charge is -2.61. The molecule has 0 radical (unpaired) electrons. The molecule has 4 aliphatic carbocycles. The van der Waals surface area contributed by atoms with Gasteiger partial charge in [0.2, 0.25) is 0 Å². The molecule has 11 atom stereocenters. The Morgan fingerprint density at radius 1 is 1.03 bits per heavy atom. The molecule has 6 heteroatoms. The standard InChI is InChI=1S/C24H40O6/c1-13(4-3-9-25)21-19(28)12-17-20-16(6-7-23(17,21)2)24(22(29)30)8-5-15(26)10-14(24)11-18(20)27/h13-21,25-28H,3-12H2,1-2H3,(H,29,30)/t13-,14?,15?,16+,17+,18?,19?,20-,21+,23+,24-/m1/s1. The summed E-state index contributed by atoms with van der Waals surface area (Å²) in [6, 6.07) is 0. The van der Waals surface area contributed by atoms with Crippen LogP contribution in [0.15, 0.2) is 0 Å². The topological polar surface area (TPSA) is 118 Å². The Hall–Kier alpha value is -0.690. The lowest BCUT2D eigenvalue weighted by atomic mass is 9.43. The van der Waals surface area contributed by atoms with Crippen LogP contribution in [0.3, 0.4) is 0 Å². The predicted molar refractivity (Wildman–Crippen MR) is 111 cm³/mol. The number of carbonyl (C=O) groups is 1. The predicted octanol–water partition coefficient (Wildman–Crippen LogP) is 2.42.